The van der Waals surface area contributed by atoms with Gasteiger partial charge in [-0.25, -0.2) is 0 Å². The van der Waals surface area contributed by atoms with Crippen molar-refractivity contribution in [2.24, 2.45) is 0 Å². The van der Waals surface area contributed by atoms with Crippen LogP contribution in [-0.4, -0.2) is 19.6 Å². The summed E-state index contributed by atoms with van der Waals surface area (Å²) < 4.78 is 16.7. The van der Waals surface area contributed by atoms with Gasteiger partial charge >= 0.3 is 0 Å². The molecular formula is C23H23NO4. The monoisotopic (exact) mass is 377 g/mol. The minimum Gasteiger partial charge on any atom is -0.497 e. The van der Waals surface area contributed by atoms with E-state index in [0.717, 1.165) is 11.3 Å². The largest absolute Gasteiger partial charge is 0.497 e. The number of hydrogen-bond donors (Lipinski definition) is 1. The first kappa shape index (κ1) is 19.3. The van der Waals surface area contributed by atoms with E-state index in [-0.39, 0.29) is 5.91 Å². The zero-order valence-corrected chi connectivity index (χ0v) is 16.0. The van der Waals surface area contributed by atoms with Crippen LogP contribution in [0, 0.1) is 0 Å². The molecule has 28 heavy (non-hydrogen) atoms. The number of carbonyl (C=O) groups is 1. The second-order valence-corrected chi connectivity index (χ2v) is 6.05. The molecule has 1 N–H and O–H groups in total. The predicted octanol–water partition coefficient (Wildman–Crippen LogP) is 4.93. The fourth-order valence-electron chi connectivity index (χ4n) is 2.65. The molecule has 0 saturated heterocycles. The van der Waals surface area contributed by atoms with Crippen molar-refractivity contribution >= 4 is 11.6 Å². The molecule has 5 heteroatoms. The summed E-state index contributed by atoms with van der Waals surface area (Å²) in [5.74, 6) is 1.66. The van der Waals surface area contributed by atoms with E-state index in [0.29, 0.717) is 36.0 Å². The SMILES string of the molecule is CCOc1cc(C(=O)Nc2ccc(OC)cc2)ccc1OCc1ccccc1. The fourth-order valence-corrected chi connectivity index (χ4v) is 2.65. The van der Waals surface area contributed by atoms with E-state index < -0.39 is 0 Å². The molecule has 0 saturated carbocycles. The average molecular weight is 377 g/mol. The van der Waals surface area contributed by atoms with E-state index in [9.17, 15) is 4.79 Å². The third-order valence-corrected chi connectivity index (χ3v) is 4.09. The van der Waals surface area contributed by atoms with Gasteiger partial charge in [-0.2, -0.15) is 0 Å². The standard InChI is InChI=1S/C23H23NO4/c1-3-27-22-15-18(23(25)24-19-10-12-20(26-2)13-11-19)9-14-21(22)28-16-17-7-5-4-6-8-17/h4-15H,3,16H2,1-2H3,(H,24,25). The van der Waals surface area contributed by atoms with Crippen LogP contribution < -0.4 is 19.5 Å². The zero-order chi connectivity index (χ0) is 19.8. The van der Waals surface area contributed by atoms with Gasteiger partial charge in [-0.05, 0) is 55.0 Å². The molecule has 0 aliphatic rings. The van der Waals surface area contributed by atoms with Gasteiger partial charge in [-0.15, -0.1) is 0 Å². The Hall–Kier alpha value is -3.47. The van der Waals surface area contributed by atoms with Crippen molar-refractivity contribution in [3.63, 3.8) is 0 Å². The van der Waals surface area contributed by atoms with Crippen LogP contribution in [0.3, 0.4) is 0 Å². The number of hydrogen-bond acceptors (Lipinski definition) is 4. The van der Waals surface area contributed by atoms with Crippen LogP contribution in [0.25, 0.3) is 0 Å². The van der Waals surface area contributed by atoms with E-state index in [1.165, 1.54) is 0 Å². The zero-order valence-electron chi connectivity index (χ0n) is 16.0. The molecule has 0 unspecified atom stereocenters. The van der Waals surface area contributed by atoms with Crippen molar-refractivity contribution in [2.45, 2.75) is 13.5 Å². The molecule has 0 bridgehead atoms. The van der Waals surface area contributed by atoms with Crippen LogP contribution >= 0.6 is 0 Å². The Bertz CT molecular complexity index is 908. The molecule has 0 atom stereocenters. The lowest BCUT2D eigenvalue weighted by molar-refractivity contribution is 0.102. The Morgan fingerprint density at radius 2 is 1.64 bits per heavy atom. The maximum absolute atomic E-state index is 12.6. The van der Waals surface area contributed by atoms with Gasteiger partial charge in [0.2, 0.25) is 0 Å². The first-order chi connectivity index (χ1) is 13.7. The third kappa shape index (κ3) is 5.04. The number of ether oxygens (including phenoxy) is 3. The van der Waals surface area contributed by atoms with E-state index in [2.05, 4.69) is 5.32 Å². The summed E-state index contributed by atoms with van der Waals surface area (Å²) >= 11 is 0. The number of amides is 1. The topological polar surface area (TPSA) is 56.8 Å². The van der Waals surface area contributed by atoms with Crippen molar-refractivity contribution in [1.29, 1.82) is 0 Å². The lowest BCUT2D eigenvalue weighted by Gasteiger charge is -2.14. The molecule has 0 fully saturated rings. The van der Waals surface area contributed by atoms with Crippen molar-refractivity contribution < 1.29 is 19.0 Å². The molecule has 144 valence electrons. The minimum atomic E-state index is -0.222. The third-order valence-electron chi connectivity index (χ3n) is 4.09. The van der Waals surface area contributed by atoms with Crippen LogP contribution in [0.5, 0.6) is 17.2 Å². The van der Waals surface area contributed by atoms with Crippen molar-refractivity contribution in [1.82, 2.24) is 0 Å². The smallest absolute Gasteiger partial charge is 0.255 e. The van der Waals surface area contributed by atoms with Crippen LogP contribution in [0.2, 0.25) is 0 Å². The number of benzene rings is 3. The van der Waals surface area contributed by atoms with Crippen molar-refractivity contribution in [3.05, 3.63) is 83.9 Å². The summed E-state index contributed by atoms with van der Waals surface area (Å²) in [5.41, 5.74) is 2.24. The second kappa shape index (κ2) is 9.46. The van der Waals surface area contributed by atoms with Crippen LogP contribution in [0.15, 0.2) is 72.8 Å². The van der Waals surface area contributed by atoms with Gasteiger partial charge in [0, 0.05) is 11.3 Å². The Kier molecular flexibility index (Phi) is 6.52. The highest BCUT2D eigenvalue weighted by molar-refractivity contribution is 6.04. The normalized spacial score (nSPS) is 10.2. The second-order valence-electron chi connectivity index (χ2n) is 6.05. The highest BCUT2D eigenvalue weighted by Gasteiger charge is 2.12. The first-order valence-electron chi connectivity index (χ1n) is 9.08. The van der Waals surface area contributed by atoms with E-state index in [4.69, 9.17) is 14.2 Å². The number of anilines is 1. The summed E-state index contributed by atoms with van der Waals surface area (Å²) in [7, 11) is 1.60. The predicted molar refractivity (Wildman–Crippen MR) is 109 cm³/mol. The molecule has 0 aliphatic heterocycles. The summed E-state index contributed by atoms with van der Waals surface area (Å²) in [6.45, 7) is 2.80. The van der Waals surface area contributed by atoms with Crippen molar-refractivity contribution in [3.8, 4) is 17.2 Å². The van der Waals surface area contributed by atoms with Crippen LogP contribution in [0.1, 0.15) is 22.8 Å². The summed E-state index contributed by atoms with van der Waals surface area (Å²) in [5, 5.41) is 2.87. The average Bonchev–Trinajstić information content (AvgIpc) is 2.74. The highest BCUT2D eigenvalue weighted by atomic mass is 16.5. The first-order valence-corrected chi connectivity index (χ1v) is 9.08. The summed E-state index contributed by atoms with van der Waals surface area (Å²) in [6, 6.07) is 22.2. The van der Waals surface area contributed by atoms with Gasteiger partial charge in [-0.1, -0.05) is 30.3 Å². The van der Waals surface area contributed by atoms with Gasteiger partial charge in [0.1, 0.15) is 12.4 Å². The lowest BCUT2D eigenvalue weighted by atomic mass is 10.1. The molecule has 3 rings (SSSR count). The molecule has 3 aromatic rings. The number of rotatable bonds is 8. The highest BCUT2D eigenvalue weighted by Crippen LogP contribution is 2.29. The number of methoxy groups -OCH3 is 1. The molecule has 0 aromatic heterocycles. The van der Waals surface area contributed by atoms with Crippen molar-refractivity contribution in [2.75, 3.05) is 19.0 Å². The van der Waals surface area contributed by atoms with Gasteiger partial charge in [0.15, 0.2) is 11.5 Å². The van der Waals surface area contributed by atoms with Crippen LogP contribution in [-0.2, 0) is 6.61 Å². The summed E-state index contributed by atoms with van der Waals surface area (Å²) in [6.07, 6.45) is 0. The maximum Gasteiger partial charge on any atom is 0.255 e. The van der Waals surface area contributed by atoms with E-state index in [1.807, 2.05) is 37.3 Å². The number of carbonyl (C=O) groups excluding carboxylic acids is 1. The van der Waals surface area contributed by atoms with Gasteiger partial charge in [-0.3, -0.25) is 4.79 Å². The minimum absolute atomic E-state index is 0.222. The molecular weight excluding hydrogens is 354 g/mol. The summed E-state index contributed by atoms with van der Waals surface area (Å²) in [4.78, 5) is 12.6. The molecule has 0 spiro atoms. The molecule has 3 aromatic carbocycles. The molecule has 5 nitrogen and oxygen atoms in total. The molecule has 0 heterocycles. The fraction of sp³-hybridized carbons (Fsp3) is 0.174. The van der Waals surface area contributed by atoms with E-state index >= 15 is 0 Å². The Morgan fingerprint density at radius 3 is 2.32 bits per heavy atom. The molecule has 0 aliphatic carbocycles. The number of nitrogens with one attached hydrogen (secondary N) is 1. The van der Waals surface area contributed by atoms with Gasteiger partial charge in [0.25, 0.3) is 5.91 Å². The quantitative estimate of drug-likeness (QED) is 0.605. The Balaban J connectivity index is 1.72. The Labute approximate surface area is 164 Å². The van der Waals surface area contributed by atoms with Gasteiger partial charge in [0.05, 0.1) is 13.7 Å². The molecule has 0 radical (unpaired) electrons. The molecule has 1 amide bonds. The van der Waals surface area contributed by atoms with Crippen LogP contribution in [0.4, 0.5) is 5.69 Å². The maximum atomic E-state index is 12.6. The van der Waals surface area contributed by atoms with E-state index in [1.54, 1.807) is 49.6 Å². The lowest BCUT2D eigenvalue weighted by Crippen LogP contribution is -2.12. The Morgan fingerprint density at radius 1 is 0.893 bits per heavy atom. The van der Waals surface area contributed by atoms with Gasteiger partial charge < -0.3 is 19.5 Å².